The number of nitrogen functional groups attached to an aromatic ring is 1. The molecule has 0 bridgehead atoms. The first kappa shape index (κ1) is 20.9. The van der Waals surface area contributed by atoms with E-state index >= 15 is 0 Å². The summed E-state index contributed by atoms with van der Waals surface area (Å²) >= 11 is 5.85. The van der Waals surface area contributed by atoms with Crippen LogP contribution < -0.4 is 10.5 Å². The van der Waals surface area contributed by atoms with Crippen molar-refractivity contribution in [1.82, 2.24) is 4.98 Å². The van der Waals surface area contributed by atoms with Crippen LogP contribution in [0, 0.1) is 11.6 Å². The quantitative estimate of drug-likeness (QED) is 0.685. The minimum Gasteiger partial charge on any atom is -0.492 e. The van der Waals surface area contributed by atoms with Gasteiger partial charge in [-0.05, 0) is 12.1 Å². The first-order valence-electron chi connectivity index (χ1n) is 7.91. The van der Waals surface area contributed by atoms with E-state index < -0.39 is 42.8 Å². The van der Waals surface area contributed by atoms with E-state index in [1.807, 2.05) is 25.3 Å². The van der Waals surface area contributed by atoms with E-state index in [1.54, 1.807) is 0 Å². The maximum absolute atomic E-state index is 14.9. The number of nitrogens with zero attached hydrogens (tertiary/aromatic N) is 1. The van der Waals surface area contributed by atoms with Crippen molar-refractivity contribution in [3.05, 3.63) is 45.7 Å². The van der Waals surface area contributed by atoms with Gasteiger partial charge in [0, 0.05) is 11.1 Å². The standard InChI is InChI=1S/C18H19ClF2N2O3Si/c1-26-17-11(19)6-5-9(12(17)20)15-13(21)14(22)10(7-8-27(2,3)4)16(23-15)18(24)25/h5-8H,1-4H3,(H2,22,23)(H,24,25)/b8-7+. The predicted octanol–water partition coefficient (Wildman–Crippen LogP) is 4.86. The molecule has 27 heavy (non-hydrogen) atoms. The van der Waals surface area contributed by atoms with Crippen molar-refractivity contribution in [3.8, 4) is 17.0 Å². The Morgan fingerprint density at radius 2 is 1.93 bits per heavy atom. The molecule has 0 saturated heterocycles. The molecule has 1 heterocycles. The van der Waals surface area contributed by atoms with Crippen molar-refractivity contribution in [2.75, 3.05) is 12.8 Å². The van der Waals surface area contributed by atoms with Gasteiger partial charge >= 0.3 is 5.97 Å². The number of carboxylic acid groups (broad SMARTS) is 1. The molecule has 0 aliphatic carbocycles. The number of hydrogen-bond donors (Lipinski definition) is 2. The van der Waals surface area contributed by atoms with Gasteiger partial charge in [-0.15, -0.1) is 0 Å². The first-order valence-corrected chi connectivity index (χ1v) is 11.9. The molecule has 1 aromatic heterocycles. The summed E-state index contributed by atoms with van der Waals surface area (Å²) in [7, 11) is -0.506. The number of anilines is 1. The van der Waals surface area contributed by atoms with E-state index in [1.165, 1.54) is 25.3 Å². The molecule has 0 radical (unpaired) electrons. The normalized spacial score (nSPS) is 11.8. The third-order valence-corrected chi connectivity index (χ3v) is 5.14. The van der Waals surface area contributed by atoms with Crippen LogP contribution in [0.3, 0.4) is 0 Å². The fourth-order valence-corrected chi connectivity index (χ4v) is 3.23. The van der Waals surface area contributed by atoms with Crippen LogP contribution in [0.4, 0.5) is 14.5 Å². The van der Waals surface area contributed by atoms with Gasteiger partial charge in [0.2, 0.25) is 0 Å². The summed E-state index contributed by atoms with van der Waals surface area (Å²) in [6.45, 7) is 6.06. The maximum atomic E-state index is 14.9. The van der Waals surface area contributed by atoms with Gasteiger partial charge in [-0.2, -0.15) is 0 Å². The molecule has 0 aliphatic heterocycles. The Hall–Kier alpha value is -2.45. The molecule has 2 rings (SSSR count). The number of methoxy groups -OCH3 is 1. The molecule has 9 heteroatoms. The number of aromatic carboxylic acids is 1. The summed E-state index contributed by atoms with van der Waals surface area (Å²) in [5, 5.41) is 9.48. The minimum atomic E-state index is -1.71. The van der Waals surface area contributed by atoms with Gasteiger partial charge in [0.15, 0.2) is 23.1 Å². The van der Waals surface area contributed by atoms with Crippen molar-refractivity contribution in [1.29, 1.82) is 0 Å². The van der Waals surface area contributed by atoms with Crippen molar-refractivity contribution in [3.63, 3.8) is 0 Å². The average molecular weight is 413 g/mol. The van der Waals surface area contributed by atoms with Crippen LogP contribution in [-0.4, -0.2) is 31.2 Å². The minimum absolute atomic E-state index is 0.0136. The van der Waals surface area contributed by atoms with Gasteiger partial charge < -0.3 is 15.6 Å². The van der Waals surface area contributed by atoms with E-state index in [9.17, 15) is 18.7 Å². The van der Waals surface area contributed by atoms with E-state index in [0.29, 0.717) is 0 Å². The molecule has 0 spiro atoms. The number of nitrogens with two attached hydrogens (primary N) is 1. The fourth-order valence-electron chi connectivity index (χ4n) is 2.34. The molecule has 1 aromatic carbocycles. The van der Waals surface area contributed by atoms with Crippen LogP contribution in [-0.2, 0) is 0 Å². The lowest BCUT2D eigenvalue weighted by Crippen LogP contribution is -2.16. The number of pyridine rings is 1. The molecular weight excluding hydrogens is 394 g/mol. The second kappa shape index (κ2) is 7.65. The number of benzene rings is 1. The van der Waals surface area contributed by atoms with Gasteiger partial charge in [0.25, 0.3) is 0 Å². The van der Waals surface area contributed by atoms with E-state index in [2.05, 4.69) is 4.98 Å². The summed E-state index contributed by atoms with van der Waals surface area (Å²) in [4.78, 5) is 15.5. The molecule has 3 N–H and O–H groups in total. The summed E-state index contributed by atoms with van der Waals surface area (Å²) in [5.41, 5.74) is 5.90. The number of rotatable bonds is 5. The Bertz CT molecular complexity index is 943. The molecule has 0 saturated carbocycles. The van der Waals surface area contributed by atoms with E-state index in [0.717, 1.165) is 0 Å². The van der Waals surface area contributed by atoms with Crippen molar-refractivity contribution in [2.45, 2.75) is 19.6 Å². The fraction of sp³-hybridized carbons (Fsp3) is 0.222. The van der Waals surface area contributed by atoms with Gasteiger partial charge in [0.1, 0.15) is 5.69 Å². The molecule has 5 nitrogen and oxygen atoms in total. The Morgan fingerprint density at radius 3 is 2.44 bits per heavy atom. The van der Waals surface area contributed by atoms with E-state index in [4.69, 9.17) is 22.1 Å². The highest BCUT2D eigenvalue weighted by Crippen LogP contribution is 2.37. The zero-order valence-corrected chi connectivity index (χ0v) is 17.0. The molecule has 0 atom stereocenters. The number of carbonyl (C=O) groups is 1. The van der Waals surface area contributed by atoms with Gasteiger partial charge in [0.05, 0.1) is 25.9 Å². The van der Waals surface area contributed by atoms with Gasteiger partial charge in [-0.1, -0.05) is 43.0 Å². The molecular formula is C18H19ClF2N2O3Si. The Morgan fingerprint density at radius 1 is 1.30 bits per heavy atom. The summed E-state index contributed by atoms with van der Waals surface area (Å²) in [6.07, 6.45) is 1.46. The maximum Gasteiger partial charge on any atom is 0.355 e. The Labute approximate surface area is 161 Å². The van der Waals surface area contributed by atoms with Crippen molar-refractivity contribution < 1.29 is 23.4 Å². The second-order valence-electron chi connectivity index (χ2n) is 6.90. The average Bonchev–Trinajstić information content (AvgIpc) is 2.56. The van der Waals surface area contributed by atoms with Crippen molar-refractivity contribution >= 4 is 37.4 Å². The largest absolute Gasteiger partial charge is 0.492 e. The highest BCUT2D eigenvalue weighted by molar-refractivity contribution is 6.81. The topological polar surface area (TPSA) is 85.4 Å². The SMILES string of the molecule is COc1c(Cl)ccc(-c2nc(C(=O)O)c(/C=C/[Si](C)(C)C)c(N)c2F)c1F. The molecule has 2 aromatic rings. The summed E-state index contributed by atoms with van der Waals surface area (Å²) in [6, 6.07) is 2.49. The highest BCUT2D eigenvalue weighted by atomic mass is 35.5. The lowest BCUT2D eigenvalue weighted by atomic mass is 10.0. The van der Waals surface area contributed by atoms with Crippen LogP contribution in [0.2, 0.25) is 24.7 Å². The van der Waals surface area contributed by atoms with Crippen molar-refractivity contribution in [2.24, 2.45) is 0 Å². The second-order valence-corrected chi connectivity index (χ2v) is 12.4. The molecule has 0 amide bonds. The third-order valence-electron chi connectivity index (χ3n) is 3.67. The molecule has 0 aliphatic rings. The summed E-state index contributed by atoms with van der Waals surface area (Å²) in [5.74, 6) is -3.68. The lowest BCUT2D eigenvalue weighted by molar-refractivity contribution is 0.0690. The molecule has 0 unspecified atom stereocenters. The van der Waals surface area contributed by atoms with Crippen LogP contribution in [0.1, 0.15) is 16.1 Å². The molecule has 0 fully saturated rings. The van der Waals surface area contributed by atoms with Crippen LogP contribution in [0.15, 0.2) is 17.8 Å². The van der Waals surface area contributed by atoms with Crippen LogP contribution in [0.25, 0.3) is 17.3 Å². The smallest absolute Gasteiger partial charge is 0.355 e. The number of carboxylic acids is 1. The van der Waals surface area contributed by atoms with Crippen LogP contribution >= 0.6 is 11.6 Å². The predicted molar refractivity (Wildman–Crippen MR) is 105 cm³/mol. The first-order chi connectivity index (χ1) is 12.5. The summed E-state index contributed by atoms with van der Waals surface area (Å²) < 4.78 is 34.4. The number of hydrogen-bond acceptors (Lipinski definition) is 4. The lowest BCUT2D eigenvalue weighted by Gasteiger charge is -2.14. The van der Waals surface area contributed by atoms with Gasteiger partial charge in [-0.25, -0.2) is 18.6 Å². The monoisotopic (exact) mass is 412 g/mol. The zero-order valence-electron chi connectivity index (χ0n) is 15.2. The van der Waals surface area contributed by atoms with Gasteiger partial charge in [-0.3, -0.25) is 0 Å². The number of aromatic nitrogens is 1. The highest BCUT2D eigenvalue weighted by Gasteiger charge is 2.25. The Kier molecular flexibility index (Phi) is 5.91. The zero-order chi connectivity index (χ0) is 20.5. The number of halogens is 3. The van der Waals surface area contributed by atoms with E-state index in [-0.39, 0.29) is 21.9 Å². The van der Waals surface area contributed by atoms with Crippen LogP contribution in [0.5, 0.6) is 5.75 Å². The number of ether oxygens (including phenoxy) is 1. The Balaban J connectivity index is 2.79. The third kappa shape index (κ3) is 4.28. The molecule has 144 valence electrons.